The summed E-state index contributed by atoms with van der Waals surface area (Å²) in [6.45, 7) is 3.14. The summed E-state index contributed by atoms with van der Waals surface area (Å²) in [5.74, 6) is -0.0887. The van der Waals surface area contributed by atoms with E-state index in [2.05, 4.69) is 10.3 Å². The first-order chi connectivity index (χ1) is 8.11. The molecular formula is C12H19N3O2. The number of hydrogen-bond donors (Lipinski definition) is 2. The van der Waals surface area contributed by atoms with Gasteiger partial charge in [0, 0.05) is 18.8 Å². The zero-order valence-corrected chi connectivity index (χ0v) is 10.3. The minimum Gasteiger partial charge on any atom is -0.395 e. The maximum absolute atomic E-state index is 11.4. The van der Waals surface area contributed by atoms with Crippen LogP contribution in [0.3, 0.4) is 0 Å². The molecule has 1 aromatic rings. The lowest BCUT2D eigenvalue weighted by atomic mass is 10.3. The highest BCUT2D eigenvalue weighted by Crippen LogP contribution is 2.01. The van der Waals surface area contributed by atoms with Crippen molar-refractivity contribution in [2.75, 3.05) is 26.7 Å². The Balaban J connectivity index is 2.39. The standard InChI is InChI=1S/C12H19N3O2/c1-10-4-3-5-11(14-10)8-15(2)9-12(17)13-6-7-16/h3-5,16H,6-9H2,1-2H3,(H,13,17). The molecule has 0 aliphatic heterocycles. The van der Waals surface area contributed by atoms with Crippen molar-refractivity contribution >= 4 is 5.91 Å². The molecule has 0 saturated heterocycles. The van der Waals surface area contributed by atoms with E-state index in [1.54, 1.807) is 0 Å². The van der Waals surface area contributed by atoms with Gasteiger partial charge in [-0.15, -0.1) is 0 Å². The molecule has 2 N–H and O–H groups in total. The van der Waals surface area contributed by atoms with Crippen molar-refractivity contribution < 1.29 is 9.90 Å². The minimum atomic E-state index is -0.0887. The Labute approximate surface area is 101 Å². The van der Waals surface area contributed by atoms with Gasteiger partial charge < -0.3 is 10.4 Å². The highest BCUT2D eigenvalue weighted by Gasteiger charge is 2.07. The number of nitrogens with zero attached hydrogens (tertiary/aromatic N) is 2. The van der Waals surface area contributed by atoms with E-state index in [-0.39, 0.29) is 12.5 Å². The summed E-state index contributed by atoms with van der Waals surface area (Å²) in [5.41, 5.74) is 1.92. The van der Waals surface area contributed by atoms with Gasteiger partial charge in [-0.2, -0.15) is 0 Å². The average molecular weight is 237 g/mol. The average Bonchev–Trinajstić information content (AvgIpc) is 2.26. The molecule has 0 aliphatic carbocycles. The molecule has 0 bridgehead atoms. The van der Waals surface area contributed by atoms with Crippen molar-refractivity contribution in [2.24, 2.45) is 0 Å². The molecule has 1 aromatic heterocycles. The molecule has 0 fully saturated rings. The predicted octanol–water partition coefficient (Wildman–Crippen LogP) is -0.0697. The van der Waals surface area contributed by atoms with Gasteiger partial charge in [-0.1, -0.05) is 6.07 Å². The number of aryl methyl sites for hydroxylation is 1. The monoisotopic (exact) mass is 237 g/mol. The van der Waals surface area contributed by atoms with Crippen LogP contribution < -0.4 is 5.32 Å². The van der Waals surface area contributed by atoms with Gasteiger partial charge in [-0.25, -0.2) is 0 Å². The van der Waals surface area contributed by atoms with Crippen LogP contribution in [-0.2, 0) is 11.3 Å². The highest BCUT2D eigenvalue weighted by atomic mass is 16.3. The number of pyridine rings is 1. The molecule has 0 saturated carbocycles. The van der Waals surface area contributed by atoms with Crippen LogP contribution in [0, 0.1) is 6.92 Å². The number of nitrogens with one attached hydrogen (secondary N) is 1. The lowest BCUT2D eigenvalue weighted by Gasteiger charge is -2.15. The van der Waals surface area contributed by atoms with Crippen LogP contribution in [0.2, 0.25) is 0 Å². The molecule has 17 heavy (non-hydrogen) atoms. The lowest BCUT2D eigenvalue weighted by molar-refractivity contribution is -0.122. The Morgan fingerprint density at radius 2 is 2.29 bits per heavy atom. The second kappa shape index (κ2) is 6.98. The van der Waals surface area contributed by atoms with E-state index in [0.29, 0.717) is 19.6 Å². The number of carbonyl (C=O) groups is 1. The third kappa shape index (κ3) is 5.42. The van der Waals surface area contributed by atoms with E-state index >= 15 is 0 Å². The van der Waals surface area contributed by atoms with Crippen molar-refractivity contribution in [3.05, 3.63) is 29.6 Å². The molecule has 5 nitrogen and oxygen atoms in total. The van der Waals surface area contributed by atoms with E-state index in [1.165, 1.54) is 0 Å². The van der Waals surface area contributed by atoms with Crippen LogP contribution in [0.1, 0.15) is 11.4 Å². The van der Waals surface area contributed by atoms with Gasteiger partial charge in [0.1, 0.15) is 0 Å². The summed E-state index contributed by atoms with van der Waals surface area (Å²) in [7, 11) is 1.86. The highest BCUT2D eigenvalue weighted by molar-refractivity contribution is 5.77. The molecule has 1 rings (SSSR count). The lowest BCUT2D eigenvalue weighted by Crippen LogP contribution is -2.36. The van der Waals surface area contributed by atoms with Crippen molar-refractivity contribution in [1.82, 2.24) is 15.2 Å². The summed E-state index contributed by atoms with van der Waals surface area (Å²) >= 11 is 0. The van der Waals surface area contributed by atoms with Crippen LogP contribution in [-0.4, -0.2) is 47.6 Å². The van der Waals surface area contributed by atoms with Gasteiger partial charge in [0.25, 0.3) is 0 Å². The molecule has 0 aliphatic rings. The Bertz CT molecular complexity index is 369. The number of amides is 1. The van der Waals surface area contributed by atoms with Crippen molar-refractivity contribution in [3.63, 3.8) is 0 Å². The number of carbonyl (C=O) groups excluding carboxylic acids is 1. The second-order valence-corrected chi connectivity index (χ2v) is 4.02. The Morgan fingerprint density at radius 1 is 1.53 bits per heavy atom. The zero-order chi connectivity index (χ0) is 12.7. The number of rotatable bonds is 6. The number of likely N-dealkylation sites (N-methyl/N-ethyl adjacent to an activating group) is 1. The van der Waals surface area contributed by atoms with E-state index in [1.807, 2.05) is 37.1 Å². The van der Waals surface area contributed by atoms with Crippen LogP contribution in [0.5, 0.6) is 0 Å². The maximum atomic E-state index is 11.4. The first-order valence-electron chi connectivity index (χ1n) is 5.60. The Hall–Kier alpha value is -1.46. The summed E-state index contributed by atoms with van der Waals surface area (Å²) in [4.78, 5) is 17.6. The fourth-order valence-corrected chi connectivity index (χ4v) is 1.52. The smallest absolute Gasteiger partial charge is 0.234 e. The van der Waals surface area contributed by atoms with Gasteiger partial charge in [0.15, 0.2) is 0 Å². The van der Waals surface area contributed by atoms with Crippen LogP contribution in [0.25, 0.3) is 0 Å². The van der Waals surface area contributed by atoms with Gasteiger partial charge in [0.2, 0.25) is 5.91 Å². The van der Waals surface area contributed by atoms with E-state index < -0.39 is 0 Å². The molecule has 94 valence electrons. The van der Waals surface area contributed by atoms with E-state index in [0.717, 1.165) is 11.4 Å². The first-order valence-corrected chi connectivity index (χ1v) is 5.60. The number of hydrogen-bond acceptors (Lipinski definition) is 4. The van der Waals surface area contributed by atoms with Crippen molar-refractivity contribution in [3.8, 4) is 0 Å². The number of aliphatic hydroxyl groups excluding tert-OH is 1. The molecule has 0 atom stereocenters. The molecule has 5 heteroatoms. The maximum Gasteiger partial charge on any atom is 0.234 e. The predicted molar refractivity (Wildman–Crippen MR) is 65.4 cm³/mol. The molecule has 1 amide bonds. The van der Waals surface area contributed by atoms with Crippen LogP contribution in [0.15, 0.2) is 18.2 Å². The molecule has 0 aromatic carbocycles. The Kier molecular flexibility index (Phi) is 5.59. The Morgan fingerprint density at radius 3 is 2.94 bits per heavy atom. The number of aliphatic hydroxyl groups is 1. The fraction of sp³-hybridized carbons (Fsp3) is 0.500. The van der Waals surface area contributed by atoms with Gasteiger partial charge in [-0.3, -0.25) is 14.7 Å². The molecule has 1 heterocycles. The quantitative estimate of drug-likeness (QED) is 0.727. The third-order valence-corrected chi connectivity index (χ3v) is 2.23. The number of aromatic nitrogens is 1. The zero-order valence-electron chi connectivity index (χ0n) is 10.3. The third-order valence-electron chi connectivity index (χ3n) is 2.23. The molecule has 0 radical (unpaired) electrons. The van der Waals surface area contributed by atoms with Crippen molar-refractivity contribution in [2.45, 2.75) is 13.5 Å². The van der Waals surface area contributed by atoms with Crippen molar-refractivity contribution in [1.29, 1.82) is 0 Å². The normalized spacial score (nSPS) is 10.6. The van der Waals surface area contributed by atoms with Crippen LogP contribution in [0.4, 0.5) is 0 Å². The topological polar surface area (TPSA) is 65.5 Å². The minimum absolute atomic E-state index is 0.0328. The molecule has 0 spiro atoms. The molecular weight excluding hydrogens is 218 g/mol. The summed E-state index contributed by atoms with van der Waals surface area (Å²) in [5, 5.41) is 11.2. The first kappa shape index (κ1) is 13.6. The van der Waals surface area contributed by atoms with Gasteiger partial charge in [0.05, 0.1) is 18.8 Å². The van der Waals surface area contributed by atoms with Gasteiger partial charge >= 0.3 is 0 Å². The fourth-order valence-electron chi connectivity index (χ4n) is 1.52. The second-order valence-electron chi connectivity index (χ2n) is 4.02. The van der Waals surface area contributed by atoms with Gasteiger partial charge in [-0.05, 0) is 26.1 Å². The summed E-state index contributed by atoms with van der Waals surface area (Å²) < 4.78 is 0. The van der Waals surface area contributed by atoms with E-state index in [9.17, 15) is 4.79 Å². The van der Waals surface area contributed by atoms with Crippen LogP contribution >= 0.6 is 0 Å². The van der Waals surface area contributed by atoms with E-state index in [4.69, 9.17) is 5.11 Å². The summed E-state index contributed by atoms with van der Waals surface area (Å²) in [6.07, 6.45) is 0. The summed E-state index contributed by atoms with van der Waals surface area (Å²) in [6, 6.07) is 5.84. The SMILES string of the molecule is Cc1cccc(CN(C)CC(=O)NCCO)n1. The molecule has 0 unspecified atom stereocenters. The largest absolute Gasteiger partial charge is 0.395 e.